The normalized spacial score (nSPS) is 19.5. The second-order valence-electron chi connectivity index (χ2n) is 5.56. The summed E-state index contributed by atoms with van der Waals surface area (Å²) in [7, 11) is 0. The number of amides is 3. The van der Waals surface area contributed by atoms with Crippen LogP contribution in [0.4, 0.5) is 4.79 Å². The van der Waals surface area contributed by atoms with E-state index < -0.39 is 11.3 Å². The molecule has 1 N–H and O–H groups in total. The van der Waals surface area contributed by atoms with E-state index in [4.69, 9.17) is 11.6 Å². The van der Waals surface area contributed by atoms with E-state index in [1.165, 1.54) is 0 Å². The summed E-state index contributed by atoms with van der Waals surface area (Å²) in [5.74, 6) is -0.445. The number of carbonyl (C=O) groups is 2. The molecule has 1 heterocycles. The van der Waals surface area contributed by atoms with Gasteiger partial charge in [0.15, 0.2) is 0 Å². The SMILES string of the molecule is CC(Cl)C(=O)NC(=O)N1CCN(C(C)(C)C)CC1. The Morgan fingerprint density at radius 3 is 2.06 bits per heavy atom. The highest BCUT2D eigenvalue weighted by Gasteiger charge is 2.28. The molecule has 104 valence electrons. The number of hydrogen-bond donors (Lipinski definition) is 1. The van der Waals surface area contributed by atoms with Gasteiger partial charge in [0, 0.05) is 31.7 Å². The number of piperazine rings is 1. The first-order valence-corrected chi connectivity index (χ1v) is 6.64. The van der Waals surface area contributed by atoms with E-state index in [9.17, 15) is 9.59 Å². The van der Waals surface area contributed by atoms with Crippen molar-refractivity contribution in [1.82, 2.24) is 15.1 Å². The molecule has 0 aromatic carbocycles. The Hall–Kier alpha value is -0.810. The van der Waals surface area contributed by atoms with E-state index in [1.807, 2.05) is 0 Å². The summed E-state index contributed by atoms with van der Waals surface area (Å²) in [5, 5.41) is 1.61. The van der Waals surface area contributed by atoms with Crippen LogP contribution in [0.2, 0.25) is 0 Å². The monoisotopic (exact) mass is 275 g/mol. The standard InChI is InChI=1S/C12H22ClN3O2/c1-9(13)10(17)14-11(18)15-5-7-16(8-6-15)12(2,3)4/h9H,5-8H2,1-4H3,(H,14,17,18). The molecule has 0 aliphatic carbocycles. The number of urea groups is 1. The highest BCUT2D eigenvalue weighted by Crippen LogP contribution is 2.15. The third-order valence-electron chi connectivity index (χ3n) is 3.11. The van der Waals surface area contributed by atoms with E-state index in [2.05, 4.69) is 31.0 Å². The van der Waals surface area contributed by atoms with Gasteiger partial charge in [0.05, 0.1) is 0 Å². The van der Waals surface area contributed by atoms with Crippen molar-refractivity contribution in [3.63, 3.8) is 0 Å². The lowest BCUT2D eigenvalue weighted by Crippen LogP contribution is -2.57. The van der Waals surface area contributed by atoms with Crippen LogP contribution in [-0.2, 0) is 4.79 Å². The zero-order chi connectivity index (χ0) is 13.9. The van der Waals surface area contributed by atoms with Crippen LogP contribution in [0.5, 0.6) is 0 Å². The van der Waals surface area contributed by atoms with Crippen molar-refractivity contribution in [2.24, 2.45) is 0 Å². The molecule has 1 aliphatic rings. The summed E-state index contributed by atoms with van der Waals surface area (Å²) in [6.45, 7) is 10.9. The molecule has 1 atom stereocenters. The molecule has 1 aliphatic heterocycles. The summed E-state index contributed by atoms with van der Waals surface area (Å²) >= 11 is 5.60. The maximum Gasteiger partial charge on any atom is 0.324 e. The van der Waals surface area contributed by atoms with Crippen molar-refractivity contribution in [1.29, 1.82) is 0 Å². The molecule has 0 bridgehead atoms. The Kier molecular flexibility index (Phi) is 4.99. The zero-order valence-electron chi connectivity index (χ0n) is 11.5. The van der Waals surface area contributed by atoms with Crippen LogP contribution in [0.3, 0.4) is 0 Å². The fourth-order valence-corrected chi connectivity index (χ4v) is 1.92. The minimum atomic E-state index is -0.690. The summed E-state index contributed by atoms with van der Waals surface area (Å²) in [4.78, 5) is 27.1. The van der Waals surface area contributed by atoms with Gasteiger partial charge >= 0.3 is 6.03 Å². The number of rotatable bonds is 1. The van der Waals surface area contributed by atoms with Crippen molar-refractivity contribution in [3.05, 3.63) is 0 Å². The smallest absolute Gasteiger partial charge is 0.322 e. The predicted octanol–water partition coefficient (Wildman–Crippen LogP) is 1.27. The van der Waals surface area contributed by atoms with Crippen LogP contribution in [0.1, 0.15) is 27.7 Å². The van der Waals surface area contributed by atoms with Crippen LogP contribution in [0.25, 0.3) is 0 Å². The van der Waals surface area contributed by atoms with Crippen molar-refractivity contribution >= 4 is 23.5 Å². The first-order chi connectivity index (χ1) is 8.21. The Morgan fingerprint density at radius 1 is 1.17 bits per heavy atom. The maximum absolute atomic E-state index is 11.8. The van der Waals surface area contributed by atoms with E-state index in [0.29, 0.717) is 13.1 Å². The van der Waals surface area contributed by atoms with E-state index in [-0.39, 0.29) is 11.6 Å². The lowest BCUT2D eigenvalue weighted by atomic mass is 10.1. The largest absolute Gasteiger partial charge is 0.324 e. The van der Waals surface area contributed by atoms with Gasteiger partial charge in [-0.1, -0.05) is 0 Å². The Morgan fingerprint density at radius 2 is 1.67 bits per heavy atom. The summed E-state index contributed by atoms with van der Waals surface area (Å²) < 4.78 is 0. The minimum absolute atomic E-state index is 0.114. The maximum atomic E-state index is 11.8. The minimum Gasteiger partial charge on any atom is -0.322 e. The second kappa shape index (κ2) is 5.89. The molecule has 0 aromatic rings. The summed E-state index contributed by atoms with van der Waals surface area (Å²) in [6.07, 6.45) is 0. The van der Waals surface area contributed by atoms with Crippen LogP contribution >= 0.6 is 11.6 Å². The third kappa shape index (κ3) is 4.14. The third-order valence-corrected chi connectivity index (χ3v) is 3.31. The molecule has 6 heteroatoms. The van der Waals surface area contributed by atoms with E-state index in [1.54, 1.807) is 11.8 Å². The highest BCUT2D eigenvalue weighted by molar-refractivity contribution is 6.31. The summed E-state index contributed by atoms with van der Waals surface area (Å²) in [5.41, 5.74) is 0.114. The molecule has 1 saturated heterocycles. The van der Waals surface area contributed by atoms with Crippen LogP contribution in [0, 0.1) is 0 Å². The van der Waals surface area contributed by atoms with Crippen LogP contribution in [0.15, 0.2) is 0 Å². The average molecular weight is 276 g/mol. The summed E-state index contributed by atoms with van der Waals surface area (Å²) in [6, 6.07) is -0.346. The average Bonchev–Trinajstić information content (AvgIpc) is 2.27. The molecule has 0 aromatic heterocycles. The van der Waals surface area contributed by atoms with Gasteiger partial charge in [0.25, 0.3) is 0 Å². The molecular formula is C12H22ClN3O2. The number of hydrogen-bond acceptors (Lipinski definition) is 3. The lowest BCUT2D eigenvalue weighted by molar-refractivity contribution is -0.119. The topological polar surface area (TPSA) is 52.7 Å². The predicted molar refractivity (Wildman–Crippen MR) is 71.8 cm³/mol. The molecule has 0 radical (unpaired) electrons. The van der Waals surface area contributed by atoms with Crippen LogP contribution < -0.4 is 5.32 Å². The molecule has 0 spiro atoms. The molecule has 3 amide bonds. The number of nitrogens with one attached hydrogen (secondary N) is 1. The van der Waals surface area contributed by atoms with E-state index in [0.717, 1.165) is 13.1 Å². The number of alkyl halides is 1. The van der Waals surface area contributed by atoms with Gasteiger partial charge in [-0.15, -0.1) is 11.6 Å². The van der Waals surface area contributed by atoms with Crippen molar-refractivity contribution < 1.29 is 9.59 Å². The molecular weight excluding hydrogens is 254 g/mol. The van der Waals surface area contributed by atoms with Crippen molar-refractivity contribution in [3.8, 4) is 0 Å². The number of halogens is 1. The molecule has 5 nitrogen and oxygen atoms in total. The first-order valence-electron chi connectivity index (χ1n) is 6.20. The molecule has 18 heavy (non-hydrogen) atoms. The van der Waals surface area contributed by atoms with Gasteiger partial charge in [-0.3, -0.25) is 15.0 Å². The fraction of sp³-hybridized carbons (Fsp3) is 0.833. The van der Waals surface area contributed by atoms with Gasteiger partial charge < -0.3 is 4.90 Å². The van der Waals surface area contributed by atoms with Crippen molar-refractivity contribution in [2.75, 3.05) is 26.2 Å². The van der Waals surface area contributed by atoms with Gasteiger partial charge in [-0.05, 0) is 27.7 Å². The molecule has 0 saturated carbocycles. The van der Waals surface area contributed by atoms with Gasteiger partial charge in [0.2, 0.25) is 5.91 Å². The number of imide groups is 1. The van der Waals surface area contributed by atoms with Gasteiger partial charge in [0.1, 0.15) is 5.38 Å². The van der Waals surface area contributed by atoms with Gasteiger partial charge in [-0.25, -0.2) is 4.79 Å². The first kappa shape index (κ1) is 15.2. The quantitative estimate of drug-likeness (QED) is 0.733. The number of carbonyl (C=O) groups excluding carboxylic acids is 2. The molecule has 1 rings (SSSR count). The van der Waals surface area contributed by atoms with Crippen molar-refractivity contribution in [2.45, 2.75) is 38.6 Å². The highest BCUT2D eigenvalue weighted by atomic mass is 35.5. The Bertz CT molecular complexity index is 318. The lowest BCUT2D eigenvalue weighted by Gasteiger charge is -2.42. The second-order valence-corrected chi connectivity index (χ2v) is 6.21. The number of nitrogens with zero attached hydrogens (tertiary/aromatic N) is 2. The van der Waals surface area contributed by atoms with Gasteiger partial charge in [-0.2, -0.15) is 0 Å². The molecule has 1 fully saturated rings. The van der Waals surface area contributed by atoms with E-state index >= 15 is 0 Å². The van der Waals surface area contributed by atoms with Crippen LogP contribution in [-0.4, -0.2) is 58.8 Å². The zero-order valence-corrected chi connectivity index (χ0v) is 12.3. The fourth-order valence-electron chi connectivity index (χ4n) is 1.86. The Labute approximate surface area is 113 Å². The Balaban J connectivity index is 2.43. The molecule has 1 unspecified atom stereocenters.